The van der Waals surface area contributed by atoms with Gasteiger partial charge in [0.05, 0.1) is 6.26 Å². The third-order valence-corrected chi connectivity index (χ3v) is 6.10. The van der Waals surface area contributed by atoms with Gasteiger partial charge in [-0.3, -0.25) is 4.79 Å². The molecular formula is C27H25N5O4. The number of nitriles is 1. The normalized spacial score (nSPS) is 13.8. The lowest BCUT2D eigenvalue weighted by molar-refractivity contribution is -0.125. The monoisotopic (exact) mass is 483 g/mol. The fraction of sp³-hybridized carbons (Fsp3) is 0.259. The molecule has 1 aliphatic heterocycles. The minimum absolute atomic E-state index is 0.00701. The van der Waals surface area contributed by atoms with Crippen LogP contribution in [0.15, 0.2) is 75.9 Å². The molecule has 4 heterocycles. The molecule has 1 aromatic carbocycles. The van der Waals surface area contributed by atoms with Gasteiger partial charge < -0.3 is 23.8 Å². The fourth-order valence-corrected chi connectivity index (χ4v) is 4.15. The third kappa shape index (κ3) is 5.39. The Labute approximate surface area is 208 Å². The minimum Gasteiger partial charge on any atom is -0.473 e. The van der Waals surface area contributed by atoms with Gasteiger partial charge >= 0.3 is 0 Å². The predicted octanol–water partition coefficient (Wildman–Crippen LogP) is 4.31. The Morgan fingerprint density at radius 3 is 2.72 bits per heavy atom. The molecule has 1 saturated heterocycles. The number of carbonyl (C=O) groups excluding carboxylic acids is 1. The first-order valence-corrected chi connectivity index (χ1v) is 11.8. The van der Waals surface area contributed by atoms with Crippen molar-refractivity contribution >= 4 is 11.8 Å². The number of pyridine rings is 1. The van der Waals surface area contributed by atoms with E-state index in [1.807, 2.05) is 47.4 Å². The maximum absolute atomic E-state index is 12.8. The standard InChI is InChI=1S/C27H25N5O4/c28-16-22-27(36-26(31-22)23-7-4-14-34-23)32-12-9-21(10-13-32)25(33)30-17-20-8-11-29-24(15-20)35-18-19-5-2-1-3-6-19/h1-8,11,14-15,21H,9-10,12-13,17-18H2,(H,30,33). The molecule has 0 atom stereocenters. The number of amides is 1. The van der Waals surface area contributed by atoms with Crippen LogP contribution in [0.3, 0.4) is 0 Å². The molecule has 0 saturated carbocycles. The number of furan rings is 1. The van der Waals surface area contributed by atoms with Crippen LogP contribution in [-0.2, 0) is 17.9 Å². The average molecular weight is 484 g/mol. The van der Waals surface area contributed by atoms with Crippen molar-refractivity contribution < 1.29 is 18.4 Å². The number of hydrogen-bond donors (Lipinski definition) is 1. The summed E-state index contributed by atoms with van der Waals surface area (Å²) >= 11 is 0. The summed E-state index contributed by atoms with van der Waals surface area (Å²) in [4.78, 5) is 23.3. The summed E-state index contributed by atoms with van der Waals surface area (Å²) in [5, 5.41) is 12.5. The summed E-state index contributed by atoms with van der Waals surface area (Å²) in [6.07, 6.45) is 4.51. The van der Waals surface area contributed by atoms with Crippen molar-refractivity contribution in [2.24, 2.45) is 5.92 Å². The molecule has 3 aromatic heterocycles. The summed E-state index contributed by atoms with van der Waals surface area (Å²) < 4.78 is 16.9. The molecule has 0 unspecified atom stereocenters. The molecule has 1 N–H and O–H groups in total. The Bertz CT molecular complexity index is 1340. The van der Waals surface area contributed by atoms with Gasteiger partial charge in [0.25, 0.3) is 5.89 Å². The third-order valence-electron chi connectivity index (χ3n) is 6.10. The molecule has 0 bridgehead atoms. The second-order valence-corrected chi connectivity index (χ2v) is 8.52. The number of ether oxygens (including phenoxy) is 1. The fourth-order valence-electron chi connectivity index (χ4n) is 4.15. The molecule has 182 valence electrons. The van der Waals surface area contributed by atoms with Crippen LogP contribution in [0.2, 0.25) is 0 Å². The highest BCUT2D eigenvalue weighted by molar-refractivity contribution is 5.79. The van der Waals surface area contributed by atoms with Crippen LogP contribution in [0, 0.1) is 17.2 Å². The lowest BCUT2D eigenvalue weighted by Crippen LogP contribution is -2.40. The molecule has 5 rings (SSSR count). The zero-order valence-corrected chi connectivity index (χ0v) is 19.6. The van der Waals surface area contributed by atoms with Crippen LogP contribution in [0.25, 0.3) is 11.7 Å². The number of nitrogens with one attached hydrogen (secondary N) is 1. The van der Waals surface area contributed by atoms with Crippen LogP contribution in [0.1, 0.15) is 29.7 Å². The van der Waals surface area contributed by atoms with Gasteiger partial charge in [-0.05, 0) is 42.2 Å². The topological polar surface area (TPSA) is 117 Å². The van der Waals surface area contributed by atoms with E-state index in [2.05, 4.69) is 21.4 Å². The van der Waals surface area contributed by atoms with Gasteiger partial charge in [0.2, 0.25) is 23.4 Å². The second kappa shape index (κ2) is 10.8. The van der Waals surface area contributed by atoms with Crippen LogP contribution in [0.4, 0.5) is 5.88 Å². The quantitative estimate of drug-likeness (QED) is 0.394. The lowest BCUT2D eigenvalue weighted by Gasteiger charge is -2.31. The van der Waals surface area contributed by atoms with Gasteiger partial charge in [0.15, 0.2) is 5.76 Å². The van der Waals surface area contributed by atoms with E-state index in [0.717, 1.165) is 11.1 Å². The molecule has 0 spiro atoms. The Morgan fingerprint density at radius 2 is 1.97 bits per heavy atom. The number of aromatic nitrogens is 2. The average Bonchev–Trinajstić information content (AvgIpc) is 3.62. The smallest absolute Gasteiger partial charge is 0.266 e. The first kappa shape index (κ1) is 23.2. The Kier molecular flexibility index (Phi) is 6.94. The number of anilines is 1. The molecule has 1 amide bonds. The SMILES string of the molecule is N#Cc1nc(-c2ccco2)oc1N1CCC(C(=O)NCc2ccnc(OCc3ccccc3)c2)CC1. The van der Waals surface area contributed by atoms with Crippen LogP contribution in [-0.4, -0.2) is 29.0 Å². The molecule has 1 fully saturated rings. The molecule has 4 aromatic rings. The lowest BCUT2D eigenvalue weighted by atomic mass is 9.96. The largest absolute Gasteiger partial charge is 0.473 e. The van der Waals surface area contributed by atoms with E-state index in [0.29, 0.717) is 56.6 Å². The number of piperidine rings is 1. The number of nitrogens with zero attached hydrogens (tertiary/aromatic N) is 4. The zero-order chi connectivity index (χ0) is 24.7. The van der Waals surface area contributed by atoms with E-state index in [9.17, 15) is 10.1 Å². The van der Waals surface area contributed by atoms with E-state index in [1.165, 1.54) is 6.26 Å². The highest BCUT2D eigenvalue weighted by atomic mass is 16.5. The van der Waals surface area contributed by atoms with Crippen LogP contribution in [0.5, 0.6) is 5.88 Å². The van der Waals surface area contributed by atoms with Crippen LogP contribution >= 0.6 is 0 Å². The highest BCUT2D eigenvalue weighted by Gasteiger charge is 2.29. The van der Waals surface area contributed by atoms with Crippen molar-refractivity contribution in [2.75, 3.05) is 18.0 Å². The van der Waals surface area contributed by atoms with Gasteiger partial charge in [0.1, 0.15) is 12.7 Å². The number of oxazole rings is 1. The van der Waals surface area contributed by atoms with Gasteiger partial charge in [-0.1, -0.05) is 30.3 Å². The molecule has 1 aliphatic rings. The maximum Gasteiger partial charge on any atom is 0.266 e. The molecule has 9 heteroatoms. The van der Waals surface area contributed by atoms with Crippen LogP contribution < -0.4 is 15.0 Å². The first-order valence-electron chi connectivity index (χ1n) is 11.8. The summed E-state index contributed by atoms with van der Waals surface area (Å²) in [5.74, 6) is 1.57. The molecule has 0 aliphatic carbocycles. The number of rotatable bonds is 8. The molecular weight excluding hydrogens is 458 g/mol. The van der Waals surface area contributed by atoms with Crippen molar-refractivity contribution in [1.29, 1.82) is 5.26 Å². The number of carbonyl (C=O) groups is 1. The molecule has 0 radical (unpaired) electrons. The van der Waals surface area contributed by atoms with Crippen molar-refractivity contribution in [2.45, 2.75) is 26.0 Å². The van der Waals surface area contributed by atoms with Gasteiger partial charge in [-0.2, -0.15) is 10.2 Å². The summed E-state index contributed by atoms with van der Waals surface area (Å²) in [7, 11) is 0. The number of benzene rings is 1. The van der Waals surface area contributed by atoms with E-state index in [1.54, 1.807) is 18.3 Å². The zero-order valence-electron chi connectivity index (χ0n) is 19.6. The van der Waals surface area contributed by atoms with E-state index >= 15 is 0 Å². The Balaban J connectivity index is 1.12. The highest BCUT2D eigenvalue weighted by Crippen LogP contribution is 2.31. The van der Waals surface area contributed by atoms with Gasteiger partial charge in [0, 0.05) is 37.8 Å². The first-order chi connectivity index (χ1) is 17.7. The van der Waals surface area contributed by atoms with Crippen molar-refractivity contribution in [3.05, 3.63) is 83.9 Å². The summed E-state index contributed by atoms with van der Waals surface area (Å²) in [5.41, 5.74) is 2.20. The van der Waals surface area contributed by atoms with Crippen molar-refractivity contribution in [3.63, 3.8) is 0 Å². The minimum atomic E-state index is -0.116. The number of hydrogen-bond acceptors (Lipinski definition) is 8. The van der Waals surface area contributed by atoms with Gasteiger partial charge in [-0.15, -0.1) is 0 Å². The maximum atomic E-state index is 12.8. The summed E-state index contributed by atoms with van der Waals surface area (Å²) in [6, 6.07) is 19.2. The molecule has 9 nitrogen and oxygen atoms in total. The van der Waals surface area contributed by atoms with Crippen molar-refractivity contribution in [3.8, 4) is 23.6 Å². The predicted molar refractivity (Wildman–Crippen MR) is 131 cm³/mol. The van der Waals surface area contributed by atoms with Gasteiger partial charge in [-0.25, -0.2) is 4.98 Å². The summed E-state index contributed by atoms with van der Waals surface area (Å²) in [6.45, 7) is 2.01. The molecule has 36 heavy (non-hydrogen) atoms. The van der Waals surface area contributed by atoms with E-state index in [-0.39, 0.29) is 23.4 Å². The van der Waals surface area contributed by atoms with Crippen molar-refractivity contribution in [1.82, 2.24) is 15.3 Å². The van der Waals surface area contributed by atoms with E-state index < -0.39 is 0 Å². The Hall–Kier alpha value is -4.58. The van der Waals surface area contributed by atoms with E-state index in [4.69, 9.17) is 13.6 Å². The second-order valence-electron chi connectivity index (χ2n) is 8.52. The Morgan fingerprint density at radius 1 is 1.14 bits per heavy atom.